The molecule has 2 aliphatic heterocycles. The first-order chi connectivity index (χ1) is 8.40. The molecule has 5 heteroatoms. The van der Waals surface area contributed by atoms with Gasteiger partial charge >= 0.3 is 0 Å². The average Bonchev–Trinajstić information content (AvgIpc) is 2.80. The molecule has 2 aliphatic rings. The summed E-state index contributed by atoms with van der Waals surface area (Å²) < 4.78 is 6.11. The number of hydrogen-bond donors (Lipinski definition) is 1. The number of ether oxygens (including phenoxy) is 1. The van der Waals surface area contributed by atoms with Crippen molar-refractivity contribution in [1.29, 1.82) is 0 Å². The smallest absolute Gasteiger partial charge is 0.186 e. The minimum absolute atomic E-state index is 0.206. The van der Waals surface area contributed by atoms with Gasteiger partial charge in [-0.1, -0.05) is 11.3 Å². The monoisotopic (exact) mass is 267 g/mol. The molecule has 0 radical (unpaired) electrons. The Bertz CT molecular complexity index is 429. The molecular weight excluding hydrogens is 246 g/mol. The van der Waals surface area contributed by atoms with Crippen LogP contribution in [-0.4, -0.2) is 31.2 Å². The molecule has 1 aromatic rings. The number of rotatable bonds is 1. The molecule has 0 aromatic carbocycles. The normalized spacial score (nSPS) is 25.2. The summed E-state index contributed by atoms with van der Waals surface area (Å²) in [7, 11) is 0. The summed E-state index contributed by atoms with van der Waals surface area (Å²) in [6.07, 6.45) is 0. The van der Waals surface area contributed by atoms with Gasteiger partial charge in [0.15, 0.2) is 5.13 Å². The minimum atomic E-state index is -0.262. The standard InChI is InChI=1S/C13H21N3OS/c1-12(2)9-10(13(3,4)17-12)18-11(15-9)16-7-5-14-6-8-16/h14H,5-8H2,1-4H3. The molecule has 1 N–H and O–H groups in total. The zero-order valence-corrected chi connectivity index (χ0v) is 12.4. The molecule has 1 saturated heterocycles. The highest BCUT2D eigenvalue weighted by molar-refractivity contribution is 7.16. The van der Waals surface area contributed by atoms with Crippen LogP contribution in [-0.2, 0) is 15.9 Å². The summed E-state index contributed by atoms with van der Waals surface area (Å²) in [5.74, 6) is 0. The van der Waals surface area contributed by atoms with Crippen LogP contribution in [0.2, 0.25) is 0 Å². The molecule has 18 heavy (non-hydrogen) atoms. The second-order valence-electron chi connectivity index (χ2n) is 6.03. The summed E-state index contributed by atoms with van der Waals surface area (Å²) in [5, 5.41) is 4.54. The number of aromatic nitrogens is 1. The third kappa shape index (κ3) is 1.85. The Balaban J connectivity index is 1.97. The Morgan fingerprint density at radius 2 is 1.83 bits per heavy atom. The van der Waals surface area contributed by atoms with E-state index in [0.29, 0.717) is 0 Å². The van der Waals surface area contributed by atoms with Gasteiger partial charge < -0.3 is 15.0 Å². The Labute approximate surface area is 112 Å². The maximum absolute atomic E-state index is 6.11. The Morgan fingerprint density at radius 3 is 2.44 bits per heavy atom. The number of thiazole rings is 1. The first-order valence-corrected chi connectivity index (χ1v) is 7.39. The van der Waals surface area contributed by atoms with Crippen molar-refractivity contribution in [2.75, 3.05) is 31.1 Å². The van der Waals surface area contributed by atoms with Crippen LogP contribution < -0.4 is 10.2 Å². The fourth-order valence-electron chi connectivity index (χ4n) is 2.85. The van der Waals surface area contributed by atoms with Crippen molar-refractivity contribution < 1.29 is 4.74 Å². The van der Waals surface area contributed by atoms with Gasteiger partial charge in [0.1, 0.15) is 5.60 Å². The van der Waals surface area contributed by atoms with Gasteiger partial charge in [-0.3, -0.25) is 0 Å². The first-order valence-electron chi connectivity index (χ1n) is 6.58. The van der Waals surface area contributed by atoms with E-state index < -0.39 is 0 Å². The van der Waals surface area contributed by atoms with E-state index in [1.54, 1.807) is 11.3 Å². The molecule has 100 valence electrons. The summed E-state index contributed by atoms with van der Waals surface area (Å²) in [4.78, 5) is 8.53. The van der Waals surface area contributed by atoms with Crippen molar-refractivity contribution in [2.45, 2.75) is 38.9 Å². The summed E-state index contributed by atoms with van der Waals surface area (Å²) in [6, 6.07) is 0. The number of fused-ring (bicyclic) bond motifs is 1. The Kier molecular flexibility index (Phi) is 2.70. The van der Waals surface area contributed by atoms with Crippen molar-refractivity contribution >= 4 is 16.5 Å². The predicted octanol–water partition coefficient (Wildman–Crippen LogP) is 2.05. The second kappa shape index (κ2) is 3.92. The summed E-state index contributed by atoms with van der Waals surface area (Å²) >= 11 is 1.80. The van der Waals surface area contributed by atoms with Gasteiger partial charge in [0, 0.05) is 26.2 Å². The van der Waals surface area contributed by atoms with Gasteiger partial charge in [-0.25, -0.2) is 4.98 Å². The zero-order chi connectivity index (χ0) is 13.0. The predicted molar refractivity (Wildman–Crippen MR) is 74.3 cm³/mol. The first kappa shape index (κ1) is 12.4. The lowest BCUT2D eigenvalue weighted by atomic mass is 10.0. The molecule has 3 heterocycles. The molecule has 0 bridgehead atoms. The molecule has 3 rings (SSSR count). The van der Waals surface area contributed by atoms with E-state index in [2.05, 4.69) is 37.9 Å². The lowest BCUT2D eigenvalue weighted by molar-refractivity contribution is -0.105. The fraction of sp³-hybridized carbons (Fsp3) is 0.769. The summed E-state index contributed by atoms with van der Waals surface area (Å²) in [5.41, 5.74) is 0.663. The van der Waals surface area contributed by atoms with E-state index in [0.717, 1.165) is 37.0 Å². The number of anilines is 1. The van der Waals surface area contributed by atoms with Crippen LogP contribution in [0.3, 0.4) is 0 Å². The van der Waals surface area contributed by atoms with Crippen LogP contribution >= 0.6 is 11.3 Å². The molecule has 1 fully saturated rings. The van der Waals surface area contributed by atoms with Crippen LogP contribution in [0, 0.1) is 0 Å². The SMILES string of the molecule is CC1(C)OC(C)(C)c2sc(N3CCNCC3)nc21. The quantitative estimate of drug-likeness (QED) is 0.845. The largest absolute Gasteiger partial charge is 0.358 e. The van der Waals surface area contributed by atoms with Crippen molar-refractivity contribution in [1.82, 2.24) is 10.3 Å². The van der Waals surface area contributed by atoms with E-state index >= 15 is 0 Å². The van der Waals surface area contributed by atoms with Gasteiger partial charge in [0.2, 0.25) is 0 Å². The number of nitrogens with zero attached hydrogens (tertiary/aromatic N) is 2. The number of piperazine rings is 1. The van der Waals surface area contributed by atoms with Gasteiger partial charge in [0.25, 0.3) is 0 Å². The highest BCUT2D eigenvalue weighted by atomic mass is 32.1. The van der Waals surface area contributed by atoms with Crippen molar-refractivity contribution in [3.63, 3.8) is 0 Å². The number of hydrogen-bond acceptors (Lipinski definition) is 5. The van der Waals surface area contributed by atoms with Gasteiger partial charge in [0.05, 0.1) is 16.2 Å². The highest BCUT2D eigenvalue weighted by Gasteiger charge is 2.46. The molecule has 1 aromatic heterocycles. The molecule has 4 nitrogen and oxygen atoms in total. The molecule has 0 spiro atoms. The average molecular weight is 267 g/mol. The van der Waals surface area contributed by atoms with Gasteiger partial charge in [-0.15, -0.1) is 0 Å². The van der Waals surface area contributed by atoms with Crippen LogP contribution in [0.5, 0.6) is 0 Å². The third-order valence-corrected chi connectivity index (χ3v) is 5.05. The minimum Gasteiger partial charge on any atom is -0.358 e. The summed E-state index contributed by atoms with van der Waals surface area (Å²) in [6.45, 7) is 12.7. The van der Waals surface area contributed by atoms with Crippen LogP contribution in [0.4, 0.5) is 5.13 Å². The third-order valence-electron chi connectivity index (χ3n) is 3.63. The van der Waals surface area contributed by atoms with Crippen LogP contribution in [0.15, 0.2) is 0 Å². The van der Waals surface area contributed by atoms with Gasteiger partial charge in [-0.2, -0.15) is 0 Å². The Hall–Kier alpha value is -0.650. The van der Waals surface area contributed by atoms with E-state index in [9.17, 15) is 0 Å². The lowest BCUT2D eigenvalue weighted by Crippen LogP contribution is -2.43. The van der Waals surface area contributed by atoms with E-state index in [4.69, 9.17) is 9.72 Å². The zero-order valence-electron chi connectivity index (χ0n) is 11.5. The topological polar surface area (TPSA) is 37.4 Å². The maximum Gasteiger partial charge on any atom is 0.186 e. The molecule has 0 atom stereocenters. The Morgan fingerprint density at radius 1 is 1.17 bits per heavy atom. The van der Waals surface area contributed by atoms with Crippen molar-refractivity contribution in [3.8, 4) is 0 Å². The van der Waals surface area contributed by atoms with Crippen molar-refractivity contribution in [2.24, 2.45) is 0 Å². The van der Waals surface area contributed by atoms with Crippen molar-refractivity contribution in [3.05, 3.63) is 10.6 Å². The lowest BCUT2D eigenvalue weighted by Gasteiger charge is -2.28. The van der Waals surface area contributed by atoms with Gasteiger partial charge in [-0.05, 0) is 27.7 Å². The molecule has 0 unspecified atom stereocenters. The molecule has 0 aliphatic carbocycles. The number of nitrogens with one attached hydrogen (secondary N) is 1. The second-order valence-corrected chi connectivity index (χ2v) is 7.01. The highest BCUT2D eigenvalue weighted by Crippen LogP contribution is 2.50. The van der Waals surface area contributed by atoms with Crippen LogP contribution in [0.25, 0.3) is 0 Å². The van der Waals surface area contributed by atoms with E-state index in [1.165, 1.54) is 4.88 Å². The van der Waals surface area contributed by atoms with E-state index in [1.807, 2.05) is 0 Å². The molecular formula is C13H21N3OS. The molecule has 0 amide bonds. The van der Waals surface area contributed by atoms with Crippen LogP contribution in [0.1, 0.15) is 38.3 Å². The molecule has 0 saturated carbocycles. The maximum atomic E-state index is 6.11. The van der Waals surface area contributed by atoms with E-state index in [-0.39, 0.29) is 11.2 Å². The fourth-order valence-corrected chi connectivity index (χ4v) is 4.16.